The first-order chi connectivity index (χ1) is 21.8. The lowest BCUT2D eigenvalue weighted by Crippen LogP contribution is -2.33. The summed E-state index contributed by atoms with van der Waals surface area (Å²) in [6.07, 6.45) is 3.36. The fraction of sp³-hybridized carbons (Fsp3) is 0.306. The maximum absolute atomic E-state index is 14.1. The summed E-state index contributed by atoms with van der Waals surface area (Å²) in [5.74, 6) is 1.49. The first kappa shape index (κ1) is 31.4. The second kappa shape index (κ2) is 14.2. The molecule has 9 nitrogen and oxygen atoms in total. The number of nitrogen functional groups attached to an aromatic ring is 1. The predicted molar refractivity (Wildman–Crippen MR) is 180 cm³/mol. The number of nitrogens with two attached hydrogens (primary N) is 1. The van der Waals surface area contributed by atoms with Crippen LogP contribution in [0.15, 0.2) is 79.0 Å². The molecule has 5 rings (SSSR count). The smallest absolute Gasteiger partial charge is 0.247 e. The van der Waals surface area contributed by atoms with E-state index in [-0.39, 0.29) is 12.0 Å². The average Bonchev–Trinajstić information content (AvgIpc) is 3.47. The third kappa shape index (κ3) is 7.20. The number of amides is 1. The van der Waals surface area contributed by atoms with E-state index in [0.717, 1.165) is 57.5 Å². The lowest BCUT2D eigenvalue weighted by molar-refractivity contribution is -0.122. The SMILES string of the molecule is CCOc1cc(C(Nc2ccc3c(N)nccc3c2)C(=O)NCc2ccccc2-n2nc(CC)cc2CC)ccc1OC(C)C. The van der Waals surface area contributed by atoms with E-state index in [4.69, 9.17) is 20.3 Å². The van der Waals surface area contributed by atoms with Crippen LogP contribution in [0.25, 0.3) is 16.5 Å². The number of hydrogen-bond donors (Lipinski definition) is 3. The van der Waals surface area contributed by atoms with Crippen molar-refractivity contribution in [3.05, 3.63) is 102 Å². The Hall–Kier alpha value is -5.05. The first-order valence-electron chi connectivity index (χ1n) is 15.6. The normalized spacial score (nSPS) is 11.9. The molecule has 0 aliphatic heterocycles. The number of carbonyl (C=O) groups is 1. The fourth-order valence-electron chi connectivity index (χ4n) is 5.34. The molecule has 2 heterocycles. The number of fused-ring (bicyclic) bond motifs is 1. The Balaban J connectivity index is 1.48. The molecule has 0 radical (unpaired) electrons. The highest BCUT2D eigenvalue weighted by Crippen LogP contribution is 2.33. The molecule has 0 saturated heterocycles. The number of benzene rings is 3. The van der Waals surface area contributed by atoms with Gasteiger partial charge in [0.25, 0.3) is 0 Å². The van der Waals surface area contributed by atoms with Crippen molar-refractivity contribution in [3.63, 3.8) is 0 Å². The minimum atomic E-state index is -0.733. The lowest BCUT2D eigenvalue weighted by atomic mass is 10.0. The predicted octanol–water partition coefficient (Wildman–Crippen LogP) is 6.78. The summed E-state index contributed by atoms with van der Waals surface area (Å²) in [6.45, 7) is 10.9. The highest BCUT2D eigenvalue weighted by molar-refractivity contribution is 5.94. The fourth-order valence-corrected chi connectivity index (χ4v) is 5.34. The Morgan fingerprint density at radius 3 is 2.53 bits per heavy atom. The summed E-state index contributed by atoms with van der Waals surface area (Å²) in [4.78, 5) is 18.3. The van der Waals surface area contributed by atoms with Crippen LogP contribution in [-0.4, -0.2) is 33.4 Å². The van der Waals surface area contributed by atoms with Crippen LogP contribution in [0.2, 0.25) is 0 Å². The second-order valence-electron chi connectivity index (χ2n) is 11.1. The van der Waals surface area contributed by atoms with Gasteiger partial charge in [-0.05, 0) is 98.7 Å². The summed E-state index contributed by atoms with van der Waals surface area (Å²) in [5.41, 5.74) is 11.7. The van der Waals surface area contributed by atoms with Crippen LogP contribution in [0, 0.1) is 0 Å². The van der Waals surface area contributed by atoms with Gasteiger partial charge in [-0.2, -0.15) is 5.10 Å². The molecular formula is C36H42N6O3. The molecule has 3 aromatic carbocycles. The monoisotopic (exact) mass is 606 g/mol. The van der Waals surface area contributed by atoms with Gasteiger partial charge in [0, 0.05) is 29.5 Å². The quantitative estimate of drug-likeness (QED) is 0.135. The van der Waals surface area contributed by atoms with Gasteiger partial charge in [-0.3, -0.25) is 4.79 Å². The van der Waals surface area contributed by atoms with Crippen molar-refractivity contribution in [1.82, 2.24) is 20.1 Å². The molecule has 1 atom stereocenters. The molecular weight excluding hydrogens is 564 g/mol. The molecule has 0 aliphatic carbocycles. The second-order valence-corrected chi connectivity index (χ2v) is 11.1. The number of carbonyl (C=O) groups excluding carboxylic acids is 1. The molecule has 0 fully saturated rings. The first-order valence-corrected chi connectivity index (χ1v) is 15.6. The highest BCUT2D eigenvalue weighted by Gasteiger charge is 2.24. The van der Waals surface area contributed by atoms with E-state index in [1.54, 1.807) is 6.20 Å². The van der Waals surface area contributed by atoms with E-state index in [2.05, 4.69) is 35.5 Å². The van der Waals surface area contributed by atoms with Crippen molar-refractivity contribution in [2.45, 2.75) is 66.2 Å². The Morgan fingerprint density at radius 1 is 0.956 bits per heavy atom. The summed E-state index contributed by atoms with van der Waals surface area (Å²) in [5, 5.41) is 13.3. The zero-order chi connectivity index (χ0) is 31.9. The minimum absolute atomic E-state index is 0.0247. The van der Waals surface area contributed by atoms with Crippen LogP contribution >= 0.6 is 0 Å². The van der Waals surface area contributed by atoms with E-state index < -0.39 is 6.04 Å². The van der Waals surface area contributed by atoms with Gasteiger partial charge in [0.15, 0.2) is 11.5 Å². The number of pyridine rings is 1. The van der Waals surface area contributed by atoms with E-state index in [9.17, 15) is 4.79 Å². The van der Waals surface area contributed by atoms with Crippen LogP contribution in [0.4, 0.5) is 11.5 Å². The van der Waals surface area contributed by atoms with E-state index in [0.29, 0.717) is 30.5 Å². The number of aryl methyl sites for hydroxylation is 2. The molecule has 5 aromatic rings. The van der Waals surface area contributed by atoms with Gasteiger partial charge in [-0.25, -0.2) is 9.67 Å². The van der Waals surface area contributed by atoms with Crippen LogP contribution in [-0.2, 0) is 24.2 Å². The van der Waals surface area contributed by atoms with Crippen molar-refractivity contribution in [3.8, 4) is 17.2 Å². The molecule has 0 aliphatic rings. The number of ether oxygens (including phenoxy) is 2. The Kier molecular flexibility index (Phi) is 9.87. The third-order valence-electron chi connectivity index (χ3n) is 7.56. The third-order valence-corrected chi connectivity index (χ3v) is 7.56. The molecule has 234 valence electrons. The molecule has 0 saturated carbocycles. The highest BCUT2D eigenvalue weighted by atomic mass is 16.5. The molecule has 0 spiro atoms. The van der Waals surface area contributed by atoms with E-state index in [1.165, 1.54) is 0 Å². The zero-order valence-corrected chi connectivity index (χ0v) is 26.6. The van der Waals surface area contributed by atoms with Crippen molar-refractivity contribution in [1.29, 1.82) is 0 Å². The van der Waals surface area contributed by atoms with Gasteiger partial charge in [-0.1, -0.05) is 38.1 Å². The van der Waals surface area contributed by atoms with Crippen LogP contribution in [0.5, 0.6) is 11.5 Å². The molecule has 45 heavy (non-hydrogen) atoms. The molecule has 1 amide bonds. The summed E-state index contributed by atoms with van der Waals surface area (Å²) >= 11 is 0. The standard InChI is InChI=1S/C36H42N6O3/c1-6-27-21-29(7-2)42(41-27)31-12-10-9-11-26(31)22-39-36(43)34(25-13-16-32(45-23(4)5)33(20-25)44-8-3)40-28-14-15-30-24(19-28)17-18-38-35(30)37/h9-21,23,34,40H,6-8,22H2,1-5H3,(H2,37,38)(H,39,43). The van der Waals surface area contributed by atoms with Gasteiger partial charge in [0.1, 0.15) is 11.9 Å². The van der Waals surface area contributed by atoms with Crippen LogP contribution in [0.1, 0.15) is 63.2 Å². The lowest BCUT2D eigenvalue weighted by Gasteiger charge is -2.23. The van der Waals surface area contributed by atoms with Gasteiger partial charge in [0.2, 0.25) is 5.91 Å². The number of para-hydroxylation sites is 1. The zero-order valence-electron chi connectivity index (χ0n) is 26.6. The topological polar surface area (TPSA) is 116 Å². The van der Waals surface area contributed by atoms with Crippen molar-refractivity contribution >= 4 is 28.2 Å². The average molecular weight is 607 g/mol. The molecule has 2 aromatic heterocycles. The van der Waals surface area contributed by atoms with Crippen LogP contribution < -0.4 is 25.8 Å². The van der Waals surface area contributed by atoms with Crippen molar-refractivity contribution in [2.24, 2.45) is 0 Å². The summed E-state index contributed by atoms with van der Waals surface area (Å²) in [7, 11) is 0. The Bertz CT molecular complexity index is 1780. The molecule has 9 heteroatoms. The maximum atomic E-state index is 14.1. The number of rotatable bonds is 13. The number of anilines is 2. The van der Waals surface area contributed by atoms with Gasteiger partial charge in [-0.15, -0.1) is 0 Å². The number of hydrogen-bond acceptors (Lipinski definition) is 7. The van der Waals surface area contributed by atoms with Gasteiger partial charge in [0.05, 0.1) is 24.1 Å². The number of nitrogens with one attached hydrogen (secondary N) is 2. The van der Waals surface area contributed by atoms with Gasteiger partial charge >= 0.3 is 0 Å². The molecule has 1 unspecified atom stereocenters. The van der Waals surface area contributed by atoms with Crippen molar-refractivity contribution in [2.75, 3.05) is 17.7 Å². The summed E-state index contributed by atoms with van der Waals surface area (Å²) < 4.78 is 13.9. The Labute approximate surface area is 264 Å². The maximum Gasteiger partial charge on any atom is 0.247 e. The van der Waals surface area contributed by atoms with E-state index >= 15 is 0 Å². The number of aromatic nitrogens is 3. The van der Waals surface area contributed by atoms with Crippen molar-refractivity contribution < 1.29 is 14.3 Å². The minimum Gasteiger partial charge on any atom is -0.490 e. The Morgan fingerprint density at radius 2 is 1.78 bits per heavy atom. The van der Waals surface area contributed by atoms with Crippen LogP contribution in [0.3, 0.4) is 0 Å². The summed E-state index contributed by atoms with van der Waals surface area (Å²) in [6, 6.07) is 22.8. The largest absolute Gasteiger partial charge is 0.490 e. The van der Waals surface area contributed by atoms with E-state index in [1.807, 2.05) is 92.2 Å². The number of nitrogens with zero attached hydrogens (tertiary/aromatic N) is 3. The molecule has 4 N–H and O–H groups in total. The molecule has 0 bridgehead atoms. The van der Waals surface area contributed by atoms with Gasteiger partial charge < -0.3 is 25.8 Å².